The van der Waals surface area contributed by atoms with E-state index in [1.165, 1.54) is 17.5 Å². The van der Waals surface area contributed by atoms with Crippen molar-refractivity contribution in [1.29, 1.82) is 0 Å². The second-order valence-corrected chi connectivity index (χ2v) is 6.77. The van der Waals surface area contributed by atoms with Crippen LogP contribution >= 0.6 is 11.3 Å². The van der Waals surface area contributed by atoms with Gasteiger partial charge in [-0.15, -0.1) is 11.3 Å². The Morgan fingerprint density at radius 1 is 1.37 bits per heavy atom. The largest absolute Gasteiger partial charge is 0.428 e. The molecule has 0 bridgehead atoms. The maximum Gasteiger partial charge on any atom is 0.316 e. The first kappa shape index (κ1) is 12.1. The van der Waals surface area contributed by atoms with Crippen molar-refractivity contribution >= 4 is 38.0 Å². The van der Waals surface area contributed by atoms with Crippen LogP contribution in [0.5, 0.6) is 0 Å². The van der Waals surface area contributed by atoms with Crippen molar-refractivity contribution in [2.45, 2.75) is 11.0 Å². The van der Waals surface area contributed by atoms with Gasteiger partial charge in [0.25, 0.3) is 0 Å². The van der Waals surface area contributed by atoms with Crippen molar-refractivity contribution in [3.63, 3.8) is 0 Å². The van der Waals surface area contributed by atoms with Gasteiger partial charge in [-0.1, -0.05) is 0 Å². The molecule has 2 aromatic heterocycles. The molecule has 1 aromatic carbocycles. The Hall–Kier alpha value is -1.93. The second kappa shape index (κ2) is 4.32. The van der Waals surface area contributed by atoms with Crippen LogP contribution in [0.25, 0.3) is 11.1 Å². The smallest absolute Gasteiger partial charge is 0.316 e. The molecule has 0 saturated heterocycles. The summed E-state index contributed by atoms with van der Waals surface area (Å²) in [6.45, 7) is 0. The number of thiazole rings is 1. The Kier molecular flexibility index (Phi) is 2.76. The topological polar surface area (TPSA) is 99.1 Å². The van der Waals surface area contributed by atoms with Gasteiger partial charge in [0.05, 0.1) is 11.3 Å². The van der Waals surface area contributed by atoms with Crippen molar-refractivity contribution in [3.05, 3.63) is 34.8 Å². The summed E-state index contributed by atoms with van der Waals surface area (Å²) in [5.74, 6) is -0.167. The number of anilines is 1. The summed E-state index contributed by atoms with van der Waals surface area (Å²) in [4.78, 5) is 8.46. The highest BCUT2D eigenvalue weighted by Gasteiger charge is 2.23. The summed E-state index contributed by atoms with van der Waals surface area (Å²) in [5.41, 5.74) is 8.52. The van der Waals surface area contributed by atoms with Crippen LogP contribution in [0.4, 0.5) is 5.69 Å². The van der Waals surface area contributed by atoms with Crippen LogP contribution in [0, 0.1) is 0 Å². The van der Waals surface area contributed by atoms with Gasteiger partial charge in [-0.25, -0.2) is 8.42 Å². The minimum absolute atomic E-state index is 0.167. The molecule has 0 unspecified atom stereocenters. The molecule has 0 aliphatic heterocycles. The summed E-state index contributed by atoms with van der Waals surface area (Å²) < 4.78 is 29.6. The van der Waals surface area contributed by atoms with Crippen LogP contribution in [0.1, 0.15) is 4.88 Å². The van der Waals surface area contributed by atoms with Crippen LogP contribution in [0.2, 0.25) is 0 Å². The highest BCUT2D eigenvalue weighted by atomic mass is 32.2. The lowest BCUT2D eigenvalue weighted by Crippen LogP contribution is -2.04. The highest BCUT2D eigenvalue weighted by Crippen LogP contribution is 2.24. The second-order valence-electron chi connectivity index (χ2n) is 3.93. The highest BCUT2D eigenvalue weighted by molar-refractivity contribution is 7.90. The van der Waals surface area contributed by atoms with E-state index in [4.69, 9.17) is 10.2 Å². The van der Waals surface area contributed by atoms with E-state index in [-0.39, 0.29) is 11.0 Å². The minimum atomic E-state index is -3.61. The number of sulfone groups is 1. The molecule has 6 nitrogen and oxygen atoms in total. The third kappa shape index (κ3) is 2.32. The van der Waals surface area contributed by atoms with Gasteiger partial charge >= 0.3 is 5.22 Å². The molecule has 2 N–H and O–H groups in total. The predicted octanol–water partition coefficient (Wildman–Crippen LogP) is 1.84. The van der Waals surface area contributed by atoms with Gasteiger partial charge in [0.2, 0.25) is 9.84 Å². The van der Waals surface area contributed by atoms with Crippen molar-refractivity contribution < 1.29 is 12.8 Å². The number of hydrogen-bond donors (Lipinski definition) is 1. The van der Waals surface area contributed by atoms with E-state index in [1.807, 2.05) is 0 Å². The van der Waals surface area contributed by atoms with Crippen molar-refractivity contribution in [2.24, 2.45) is 0 Å². The fraction of sp³-hybridized carbons (Fsp3) is 0.0909. The van der Waals surface area contributed by atoms with Gasteiger partial charge in [-0.3, -0.25) is 4.98 Å². The zero-order chi connectivity index (χ0) is 13.5. The van der Waals surface area contributed by atoms with Gasteiger partial charge in [0.1, 0.15) is 5.52 Å². The molecule has 0 radical (unpaired) electrons. The molecule has 19 heavy (non-hydrogen) atoms. The molecule has 0 amide bonds. The summed E-state index contributed by atoms with van der Waals surface area (Å²) in [7, 11) is -3.61. The molecule has 0 saturated carbocycles. The number of aromatic nitrogens is 2. The molecule has 8 heteroatoms. The van der Waals surface area contributed by atoms with E-state index in [0.29, 0.717) is 21.7 Å². The molecular weight excluding hydrogens is 286 g/mol. The number of fused-ring (bicyclic) bond motifs is 1. The normalized spacial score (nSPS) is 12.0. The summed E-state index contributed by atoms with van der Waals surface area (Å²) in [6.07, 6.45) is 1.52. The van der Waals surface area contributed by atoms with Gasteiger partial charge in [-0.2, -0.15) is 4.98 Å². The molecule has 0 fully saturated rings. The average molecular weight is 295 g/mol. The van der Waals surface area contributed by atoms with Crippen molar-refractivity contribution in [3.8, 4) is 0 Å². The molecule has 0 aliphatic carbocycles. The Labute approximate surface area is 112 Å². The third-order valence-electron chi connectivity index (χ3n) is 2.47. The molecular formula is C11H9N3O3S2. The van der Waals surface area contributed by atoms with E-state index in [1.54, 1.807) is 23.7 Å². The fourth-order valence-corrected chi connectivity index (χ4v) is 3.76. The number of oxazole rings is 1. The molecule has 3 rings (SSSR count). The monoisotopic (exact) mass is 295 g/mol. The van der Waals surface area contributed by atoms with Crippen LogP contribution in [-0.2, 0) is 15.6 Å². The first-order valence-corrected chi connectivity index (χ1v) is 7.84. The Morgan fingerprint density at radius 2 is 2.21 bits per heavy atom. The Balaban J connectivity index is 2.03. The minimum Gasteiger partial charge on any atom is -0.428 e. The number of nitrogens with zero attached hydrogens (tertiary/aromatic N) is 2. The van der Waals surface area contributed by atoms with Crippen LogP contribution in [-0.4, -0.2) is 18.4 Å². The van der Waals surface area contributed by atoms with E-state index in [2.05, 4.69) is 9.97 Å². The number of benzene rings is 1. The Bertz CT molecular complexity index is 822. The summed E-state index contributed by atoms with van der Waals surface area (Å²) >= 11 is 1.27. The van der Waals surface area contributed by atoms with E-state index < -0.39 is 9.84 Å². The quantitative estimate of drug-likeness (QED) is 0.740. The maximum absolute atomic E-state index is 12.1. The molecule has 98 valence electrons. The maximum atomic E-state index is 12.1. The predicted molar refractivity (Wildman–Crippen MR) is 71.4 cm³/mol. The lowest BCUT2D eigenvalue weighted by atomic mass is 10.3. The molecule has 0 spiro atoms. The average Bonchev–Trinajstić information content (AvgIpc) is 2.96. The van der Waals surface area contributed by atoms with Crippen LogP contribution < -0.4 is 5.73 Å². The third-order valence-corrected chi connectivity index (χ3v) is 4.83. The molecule has 2 heterocycles. The standard InChI is InChI=1S/C11H9N3O3S2/c12-7-1-2-9-10(3-7)17-11(14-9)19(15,16)5-8-4-13-6-18-8/h1-4,6H,5,12H2. The number of nitrogens with two attached hydrogens (primary N) is 1. The number of rotatable bonds is 3. The zero-order valence-corrected chi connectivity index (χ0v) is 11.2. The summed E-state index contributed by atoms with van der Waals surface area (Å²) in [6, 6.07) is 4.82. The van der Waals surface area contributed by atoms with Gasteiger partial charge in [0.15, 0.2) is 5.58 Å². The number of nitrogen functional groups attached to an aromatic ring is 1. The zero-order valence-electron chi connectivity index (χ0n) is 9.61. The van der Waals surface area contributed by atoms with E-state index >= 15 is 0 Å². The molecule has 3 aromatic rings. The van der Waals surface area contributed by atoms with Crippen LogP contribution in [0.3, 0.4) is 0 Å². The Morgan fingerprint density at radius 3 is 2.95 bits per heavy atom. The van der Waals surface area contributed by atoms with Crippen LogP contribution in [0.15, 0.2) is 39.5 Å². The van der Waals surface area contributed by atoms with Gasteiger partial charge < -0.3 is 10.2 Å². The van der Waals surface area contributed by atoms with E-state index in [9.17, 15) is 8.42 Å². The molecule has 0 aliphatic rings. The first-order chi connectivity index (χ1) is 9.04. The molecule has 0 atom stereocenters. The van der Waals surface area contributed by atoms with Crippen molar-refractivity contribution in [1.82, 2.24) is 9.97 Å². The lowest BCUT2D eigenvalue weighted by molar-refractivity contribution is 0.458. The SMILES string of the molecule is Nc1ccc2nc(S(=O)(=O)Cc3cncs3)oc2c1. The van der Waals surface area contributed by atoms with E-state index in [0.717, 1.165) is 0 Å². The van der Waals surface area contributed by atoms with Gasteiger partial charge in [-0.05, 0) is 12.1 Å². The number of hydrogen-bond acceptors (Lipinski definition) is 7. The summed E-state index contributed by atoms with van der Waals surface area (Å²) in [5, 5.41) is -0.290. The first-order valence-electron chi connectivity index (χ1n) is 5.31. The fourth-order valence-electron chi connectivity index (χ4n) is 1.62. The lowest BCUT2D eigenvalue weighted by Gasteiger charge is -1.95. The van der Waals surface area contributed by atoms with Crippen molar-refractivity contribution in [2.75, 3.05) is 5.73 Å². The van der Waals surface area contributed by atoms with Gasteiger partial charge in [0, 0.05) is 22.8 Å².